The van der Waals surface area contributed by atoms with Crippen molar-refractivity contribution < 1.29 is 48.3 Å². The number of carboxylic acids is 1. The fourth-order valence-corrected chi connectivity index (χ4v) is 2.62. The van der Waals surface area contributed by atoms with Gasteiger partial charge < -0.3 is 55.0 Å². The van der Waals surface area contributed by atoms with Crippen molar-refractivity contribution in [2.24, 2.45) is 28.7 Å². The number of amides is 8. The van der Waals surface area contributed by atoms with Gasteiger partial charge in [0.25, 0.3) is 0 Å². The van der Waals surface area contributed by atoms with Crippen LogP contribution in [0.4, 0.5) is 0 Å². The van der Waals surface area contributed by atoms with Crippen LogP contribution in [0.1, 0.15) is 25.7 Å². The topological polar surface area (TPSA) is 352 Å². The molecule has 0 spiro atoms. The van der Waals surface area contributed by atoms with Gasteiger partial charge in [0.2, 0.25) is 47.3 Å². The van der Waals surface area contributed by atoms with Crippen LogP contribution in [0.25, 0.3) is 0 Å². The van der Waals surface area contributed by atoms with Crippen LogP contribution in [0.15, 0.2) is 0 Å². The molecule has 15 N–H and O–H groups in total. The zero-order valence-corrected chi connectivity index (χ0v) is 19.4. The molecule has 37 heavy (non-hydrogen) atoms. The minimum Gasteiger partial charge on any atom is -0.480 e. The molecule has 0 saturated heterocycles. The molecular formula is C18H29N9O10. The fraction of sp³-hybridized carbons (Fsp3) is 0.500. The van der Waals surface area contributed by atoms with Crippen LogP contribution in [0.2, 0.25) is 0 Å². The smallest absolute Gasteiger partial charge is 0.326 e. The molecule has 0 radical (unpaired) electrons. The number of rotatable bonds is 17. The summed E-state index contributed by atoms with van der Waals surface area (Å²) >= 11 is 0. The lowest BCUT2D eigenvalue weighted by Crippen LogP contribution is -2.56. The second kappa shape index (κ2) is 15.2. The third-order valence-corrected chi connectivity index (χ3v) is 4.30. The fourth-order valence-electron chi connectivity index (χ4n) is 2.62. The predicted octanol–water partition coefficient (Wildman–Crippen LogP) is -7.53. The molecule has 0 heterocycles. The van der Waals surface area contributed by atoms with Gasteiger partial charge in [-0.25, -0.2) is 4.79 Å². The summed E-state index contributed by atoms with van der Waals surface area (Å²) in [5.41, 5.74) is 25.4. The predicted molar refractivity (Wildman–Crippen MR) is 120 cm³/mol. The van der Waals surface area contributed by atoms with Crippen molar-refractivity contribution >= 4 is 53.2 Å². The number of nitrogens with two attached hydrogens (primary N) is 5. The molecule has 0 fully saturated rings. The maximum absolute atomic E-state index is 12.4. The van der Waals surface area contributed by atoms with Crippen LogP contribution < -0.4 is 49.9 Å². The lowest BCUT2D eigenvalue weighted by atomic mass is 10.1. The first-order valence-electron chi connectivity index (χ1n) is 10.3. The molecule has 206 valence electrons. The molecule has 0 unspecified atom stereocenters. The Kier molecular flexibility index (Phi) is 13.3. The first kappa shape index (κ1) is 32.2. The Balaban J connectivity index is 5.27. The Labute approximate surface area is 208 Å². The van der Waals surface area contributed by atoms with Crippen molar-refractivity contribution in [1.29, 1.82) is 0 Å². The van der Waals surface area contributed by atoms with Gasteiger partial charge in [0, 0.05) is 0 Å². The molecule has 0 aromatic rings. The van der Waals surface area contributed by atoms with E-state index in [0.29, 0.717) is 0 Å². The van der Waals surface area contributed by atoms with Crippen molar-refractivity contribution in [3.8, 4) is 0 Å². The summed E-state index contributed by atoms with van der Waals surface area (Å²) in [4.78, 5) is 105. The minimum absolute atomic E-state index is 0.565. The number of hydrogen-bond acceptors (Lipinski definition) is 10. The minimum atomic E-state index is -1.77. The molecule has 0 aliphatic carbocycles. The van der Waals surface area contributed by atoms with E-state index in [4.69, 9.17) is 33.8 Å². The number of nitrogens with one attached hydrogen (secondary N) is 4. The van der Waals surface area contributed by atoms with Gasteiger partial charge in [0.05, 0.1) is 38.3 Å². The van der Waals surface area contributed by atoms with Gasteiger partial charge in [0.1, 0.15) is 18.1 Å². The number of aliphatic carboxylic acids is 1. The average molecular weight is 531 g/mol. The number of carboxylic acid groups (broad SMARTS) is 1. The normalized spacial score (nSPS) is 13.5. The highest BCUT2D eigenvalue weighted by atomic mass is 16.4. The van der Waals surface area contributed by atoms with E-state index in [2.05, 4.69) is 5.32 Å². The zero-order valence-electron chi connectivity index (χ0n) is 19.4. The summed E-state index contributed by atoms with van der Waals surface area (Å²) in [5, 5.41) is 17.1. The van der Waals surface area contributed by atoms with Crippen LogP contribution in [0, 0.1) is 0 Å². The van der Waals surface area contributed by atoms with Crippen molar-refractivity contribution in [3.63, 3.8) is 0 Å². The number of carbonyl (C=O) groups excluding carboxylic acids is 8. The summed E-state index contributed by atoms with van der Waals surface area (Å²) in [6, 6.07) is -6.52. The Morgan fingerprint density at radius 3 is 1.41 bits per heavy atom. The molecule has 0 aromatic carbocycles. The van der Waals surface area contributed by atoms with Gasteiger partial charge >= 0.3 is 5.97 Å². The second-order valence-corrected chi connectivity index (χ2v) is 7.59. The van der Waals surface area contributed by atoms with Gasteiger partial charge in [-0.05, 0) is 0 Å². The molecular weight excluding hydrogens is 502 g/mol. The van der Waals surface area contributed by atoms with Crippen LogP contribution in [-0.4, -0.2) is 89.0 Å². The third-order valence-electron chi connectivity index (χ3n) is 4.30. The standard InChI is InChI=1S/C18H29N9O10/c19-6(1-10(20)28)15(33)26-7(2-11(21)29)16(34)24-5-14(32)25-8(3-12(22)30)17(35)27-9(18(36)37)4-13(23)31/h6-9H,1-5,19H2,(H2,20,28)(H2,21,29)(H2,22,30)(H2,23,31)(H,24,34)(H,25,32)(H,26,33)(H,27,35)(H,36,37)/t6-,7-,8-,9-/m0/s1. The van der Waals surface area contributed by atoms with Crippen LogP contribution in [-0.2, 0) is 43.2 Å². The van der Waals surface area contributed by atoms with E-state index in [-0.39, 0.29) is 0 Å². The van der Waals surface area contributed by atoms with E-state index in [0.717, 1.165) is 0 Å². The molecule has 0 aromatic heterocycles. The molecule has 0 rings (SSSR count). The van der Waals surface area contributed by atoms with Gasteiger partial charge in [-0.1, -0.05) is 0 Å². The second-order valence-electron chi connectivity index (χ2n) is 7.59. The summed E-state index contributed by atoms with van der Waals surface area (Å²) in [6.45, 7) is -0.858. The summed E-state index contributed by atoms with van der Waals surface area (Å²) in [6.07, 6.45) is -2.85. The van der Waals surface area contributed by atoms with Crippen LogP contribution in [0.5, 0.6) is 0 Å². The Hall–Kier alpha value is -4.81. The number of hydrogen-bond donors (Lipinski definition) is 10. The number of carbonyl (C=O) groups is 9. The molecule has 0 bridgehead atoms. The monoisotopic (exact) mass is 531 g/mol. The molecule has 19 heteroatoms. The van der Waals surface area contributed by atoms with E-state index < -0.39 is 110 Å². The van der Waals surface area contributed by atoms with Crippen LogP contribution >= 0.6 is 0 Å². The van der Waals surface area contributed by atoms with Gasteiger partial charge in [0.15, 0.2) is 0 Å². The largest absolute Gasteiger partial charge is 0.480 e. The van der Waals surface area contributed by atoms with Crippen LogP contribution in [0.3, 0.4) is 0 Å². The molecule has 0 saturated carbocycles. The average Bonchev–Trinajstić information content (AvgIpc) is 2.74. The Bertz CT molecular complexity index is 954. The van der Waals surface area contributed by atoms with E-state index in [1.54, 1.807) is 0 Å². The molecule has 0 aliphatic rings. The summed E-state index contributed by atoms with van der Waals surface area (Å²) < 4.78 is 0. The van der Waals surface area contributed by atoms with Gasteiger partial charge in [-0.3, -0.25) is 38.4 Å². The van der Waals surface area contributed by atoms with E-state index in [1.165, 1.54) is 0 Å². The zero-order chi connectivity index (χ0) is 28.9. The van der Waals surface area contributed by atoms with Crippen molar-refractivity contribution in [2.45, 2.75) is 49.9 Å². The lowest BCUT2D eigenvalue weighted by molar-refractivity contribution is -0.143. The molecule has 4 atom stereocenters. The number of primary amides is 4. The molecule has 8 amide bonds. The highest BCUT2D eigenvalue weighted by molar-refractivity contribution is 5.97. The summed E-state index contributed by atoms with van der Waals surface area (Å²) in [5.74, 6) is -10.1. The molecule has 0 aliphatic heterocycles. The van der Waals surface area contributed by atoms with Gasteiger partial charge in [-0.2, -0.15) is 0 Å². The highest BCUT2D eigenvalue weighted by Crippen LogP contribution is 1.99. The lowest BCUT2D eigenvalue weighted by Gasteiger charge is -2.21. The van der Waals surface area contributed by atoms with Gasteiger partial charge in [-0.15, -0.1) is 0 Å². The first-order valence-corrected chi connectivity index (χ1v) is 10.3. The van der Waals surface area contributed by atoms with E-state index in [1.807, 2.05) is 16.0 Å². The van der Waals surface area contributed by atoms with Crippen molar-refractivity contribution in [3.05, 3.63) is 0 Å². The SMILES string of the molecule is NC(=O)C[C@H](NC(=O)[C@H](CC(N)=O)NC(=O)CNC(=O)[C@H](CC(N)=O)NC(=O)[C@@H](N)CC(N)=O)C(=O)O. The maximum Gasteiger partial charge on any atom is 0.326 e. The molecule has 19 nitrogen and oxygen atoms in total. The quantitative estimate of drug-likeness (QED) is 0.0839. The summed E-state index contributed by atoms with van der Waals surface area (Å²) in [7, 11) is 0. The Morgan fingerprint density at radius 1 is 0.568 bits per heavy atom. The van der Waals surface area contributed by atoms with Crippen molar-refractivity contribution in [2.75, 3.05) is 6.54 Å². The Morgan fingerprint density at radius 2 is 0.973 bits per heavy atom. The van der Waals surface area contributed by atoms with Crippen molar-refractivity contribution in [1.82, 2.24) is 21.3 Å². The third kappa shape index (κ3) is 13.6. The van der Waals surface area contributed by atoms with E-state index in [9.17, 15) is 43.2 Å². The first-order chi connectivity index (χ1) is 17.0. The van der Waals surface area contributed by atoms with E-state index >= 15 is 0 Å². The maximum atomic E-state index is 12.4. The highest BCUT2D eigenvalue weighted by Gasteiger charge is 2.30.